The van der Waals surface area contributed by atoms with Crippen molar-refractivity contribution in [2.75, 3.05) is 6.54 Å². The maximum Gasteiger partial charge on any atom is 0.416 e. The Kier molecular flexibility index (Phi) is 9.44. The molecule has 0 radical (unpaired) electrons. The van der Waals surface area contributed by atoms with E-state index in [1.807, 2.05) is 0 Å². The molecule has 186 valence electrons. The van der Waals surface area contributed by atoms with Gasteiger partial charge in [-0.2, -0.15) is 13.2 Å². The van der Waals surface area contributed by atoms with Crippen LogP contribution in [-0.4, -0.2) is 49.5 Å². The van der Waals surface area contributed by atoms with Crippen LogP contribution >= 0.6 is 24.8 Å². The lowest BCUT2D eigenvalue weighted by atomic mass is 9.96. The minimum atomic E-state index is -4.49. The van der Waals surface area contributed by atoms with E-state index >= 15 is 0 Å². The Morgan fingerprint density at radius 1 is 1.21 bits per heavy atom. The molecule has 1 aliphatic rings. The van der Waals surface area contributed by atoms with Gasteiger partial charge in [-0.05, 0) is 50.1 Å². The standard InChI is InChI=1S/C22H23F3N4O3.2ClH/c23-22(24,25)14-4-1-3-13(9-14)16-6-7-17-20(28-16)21(32)29(12-27-17)11-15(30)10-18-19(31)5-2-8-26-18;;/h1,3-4,6-7,9,12,15,18-19,26,30-31H,2,5,8,10-11H2;2*1H/t15-,18+,19-;;/m0../s1. The first-order valence-electron chi connectivity index (χ1n) is 10.4. The van der Waals surface area contributed by atoms with Crippen molar-refractivity contribution in [3.05, 3.63) is 58.6 Å². The maximum atomic E-state index is 13.0. The molecule has 3 heterocycles. The molecule has 1 fully saturated rings. The predicted molar refractivity (Wildman–Crippen MR) is 126 cm³/mol. The van der Waals surface area contributed by atoms with Gasteiger partial charge in [-0.15, -0.1) is 24.8 Å². The zero-order valence-corrected chi connectivity index (χ0v) is 19.5. The van der Waals surface area contributed by atoms with Gasteiger partial charge >= 0.3 is 6.18 Å². The summed E-state index contributed by atoms with van der Waals surface area (Å²) in [5.41, 5.74) is -0.544. The minimum Gasteiger partial charge on any atom is -0.392 e. The Morgan fingerprint density at radius 2 is 1.97 bits per heavy atom. The number of piperidine rings is 1. The second-order valence-corrected chi connectivity index (χ2v) is 8.00. The number of nitrogens with one attached hydrogen (secondary N) is 1. The lowest BCUT2D eigenvalue weighted by Crippen LogP contribution is -2.47. The molecule has 0 bridgehead atoms. The quantitative estimate of drug-likeness (QED) is 0.477. The third kappa shape index (κ3) is 6.25. The first-order chi connectivity index (χ1) is 15.2. The molecule has 0 amide bonds. The summed E-state index contributed by atoms with van der Waals surface area (Å²) < 4.78 is 40.3. The number of fused-ring (bicyclic) bond motifs is 1. The Bertz CT molecular complexity index is 1180. The van der Waals surface area contributed by atoms with Crippen LogP contribution in [0.3, 0.4) is 0 Å². The molecule has 12 heteroatoms. The molecule has 1 saturated heterocycles. The first kappa shape index (κ1) is 28.0. The van der Waals surface area contributed by atoms with Gasteiger partial charge in [-0.3, -0.25) is 9.36 Å². The highest BCUT2D eigenvalue weighted by Crippen LogP contribution is 2.31. The number of nitrogens with zero attached hydrogens (tertiary/aromatic N) is 3. The van der Waals surface area contributed by atoms with Crippen molar-refractivity contribution in [2.24, 2.45) is 0 Å². The summed E-state index contributed by atoms with van der Waals surface area (Å²) in [7, 11) is 0. The number of aliphatic hydroxyl groups is 2. The summed E-state index contributed by atoms with van der Waals surface area (Å²) in [6.07, 6.45) is -2.84. The summed E-state index contributed by atoms with van der Waals surface area (Å²) in [6, 6.07) is 7.52. The van der Waals surface area contributed by atoms with E-state index in [2.05, 4.69) is 15.3 Å². The number of halogens is 5. The van der Waals surface area contributed by atoms with E-state index in [1.54, 1.807) is 0 Å². The van der Waals surface area contributed by atoms with E-state index in [0.717, 1.165) is 25.1 Å². The molecule has 4 rings (SSSR count). The minimum absolute atomic E-state index is 0. The van der Waals surface area contributed by atoms with E-state index in [0.29, 0.717) is 11.9 Å². The maximum absolute atomic E-state index is 13.0. The number of pyridine rings is 1. The van der Waals surface area contributed by atoms with Gasteiger partial charge in [0.2, 0.25) is 0 Å². The van der Waals surface area contributed by atoms with Crippen LogP contribution in [0.5, 0.6) is 0 Å². The van der Waals surface area contributed by atoms with Crippen LogP contribution in [0.2, 0.25) is 0 Å². The van der Waals surface area contributed by atoms with E-state index in [9.17, 15) is 28.2 Å². The van der Waals surface area contributed by atoms with Crippen molar-refractivity contribution in [3.63, 3.8) is 0 Å². The Hall–Kier alpha value is -2.24. The largest absolute Gasteiger partial charge is 0.416 e. The van der Waals surface area contributed by atoms with Gasteiger partial charge in [0, 0.05) is 11.6 Å². The predicted octanol–water partition coefficient (Wildman–Crippen LogP) is 3.18. The van der Waals surface area contributed by atoms with Crippen LogP contribution < -0.4 is 10.9 Å². The second-order valence-electron chi connectivity index (χ2n) is 8.00. The number of aromatic nitrogens is 3. The fourth-order valence-corrected chi connectivity index (χ4v) is 3.95. The molecule has 3 aromatic rings. The number of alkyl halides is 3. The van der Waals surface area contributed by atoms with E-state index in [4.69, 9.17) is 0 Å². The van der Waals surface area contributed by atoms with Gasteiger partial charge in [0.1, 0.15) is 0 Å². The molecule has 3 atom stereocenters. The molecule has 0 unspecified atom stereocenters. The van der Waals surface area contributed by atoms with Crippen molar-refractivity contribution in [2.45, 2.75) is 50.2 Å². The van der Waals surface area contributed by atoms with Crippen molar-refractivity contribution in [3.8, 4) is 11.3 Å². The molecule has 0 spiro atoms. The molecule has 2 aromatic heterocycles. The monoisotopic (exact) mass is 520 g/mol. The normalized spacial score (nSPS) is 19.2. The van der Waals surface area contributed by atoms with Crippen LogP contribution in [0.4, 0.5) is 13.2 Å². The first-order valence-corrected chi connectivity index (χ1v) is 10.4. The fraction of sp³-hybridized carbons (Fsp3) is 0.409. The van der Waals surface area contributed by atoms with Crippen LogP contribution in [0.25, 0.3) is 22.3 Å². The van der Waals surface area contributed by atoms with Crippen molar-refractivity contribution < 1.29 is 23.4 Å². The molecule has 3 N–H and O–H groups in total. The second kappa shape index (κ2) is 11.5. The summed E-state index contributed by atoms with van der Waals surface area (Å²) in [5.74, 6) is 0. The average Bonchev–Trinajstić information content (AvgIpc) is 2.77. The summed E-state index contributed by atoms with van der Waals surface area (Å²) in [6.45, 7) is 0.719. The highest BCUT2D eigenvalue weighted by atomic mass is 35.5. The van der Waals surface area contributed by atoms with Gasteiger partial charge in [-0.25, -0.2) is 9.97 Å². The fourth-order valence-electron chi connectivity index (χ4n) is 3.95. The van der Waals surface area contributed by atoms with Crippen LogP contribution in [0.15, 0.2) is 47.5 Å². The summed E-state index contributed by atoms with van der Waals surface area (Å²) >= 11 is 0. The lowest BCUT2D eigenvalue weighted by molar-refractivity contribution is -0.137. The molecular weight excluding hydrogens is 496 g/mol. The Morgan fingerprint density at radius 3 is 2.68 bits per heavy atom. The van der Waals surface area contributed by atoms with Crippen LogP contribution in [0.1, 0.15) is 24.8 Å². The van der Waals surface area contributed by atoms with E-state index in [1.165, 1.54) is 35.2 Å². The number of aliphatic hydroxyl groups excluding tert-OH is 2. The van der Waals surface area contributed by atoms with Gasteiger partial charge in [0.15, 0.2) is 5.52 Å². The van der Waals surface area contributed by atoms with Gasteiger partial charge in [0.05, 0.1) is 41.9 Å². The van der Waals surface area contributed by atoms with E-state index in [-0.39, 0.29) is 60.6 Å². The number of hydrogen-bond acceptors (Lipinski definition) is 6. The molecule has 1 aliphatic heterocycles. The molecule has 7 nitrogen and oxygen atoms in total. The van der Waals surface area contributed by atoms with Gasteiger partial charge in [-0.1, -0.05) is 12.1 Å². The van der Waals surface area contributed by atoms with Gasteiger partial charge < -0.3 is 15.5 Å². The average molecular weight is 521 g/mol. The highest BCUT2D eigenvalue weighted by Gasteiger charge is 2.30. The SMILES string of the molecule is Cl.Cl.O=c1c2nc(-c3cccc(C(F)(F)F)c3)ccc2ncn1C[C@@H](O)C[C@H]1NCCC[C@@H]1O. The van der Waals surface area contributed by atoms with Gasteiger partial charge in [0.25, 0.3) is 5.56 Å². The smallest absolute Gasteiger partial charge is 0.392 e. The van der Waals surface area contributed by atoms with Crippen molar-refractivity contribution >= 4 is 35.8 Å². The molecule has 0 saturated carbocycles. The topological polar surface area (TPSA) is 100 Å². The molecule has 0 aliphatic carbocycles. The lowest BCUT2D eigenvalue weighted by Gasteiger charge is -2.30. The van der Waals surface area contributed by atoms with Crippen molar-refractivity contribution in [1.82, 2.24) is 19.9 Å². The third-order valence-corrected chi connectivity index (χ3v) is 5.64. The summed E-state index contributed by atoms with van der Waals surface area (Å²) in [5, 5.41) is 23.7. The van der Waals surface area contributed by atoms with E-state index < -0.39 is 29.5 Å². The molecule has 1 aromatic carbocycles. The van der Waals surface area contributed by atoms with Crippen LogP contribution in [-0.2, 0) is 12.7 Å². The highest BCUT2D eigenvalue weighted by molar-refractivity contribution is 5.85. The number of benzene rings is 1. The Balaban J connectivity index is 0.00000204. The third-order valence-electron chi connectivity index (χ3n) is 5.64. The number of hydrogen-bond donors (Lipinski definition) is 3. The van der Waals surface area contributed by atoms with Crippen LogP contribution in [0, 0.1) is 0 Å². The summed E-state index contributed by atoms with van der Waals surface area (Å²) in [4.78, 5) is 21.4. The zero-order valence-electron chi connectivity index (χ0n) is 17.9. The number of rotatable bonds is 5. The Labute approximate surface area is 205 Å². The molecule has 34 heavy (non-hydrogen) atoms. The zero-order chi connectivity index (χ0) is 22.9. The molecular formula is C22H25Cl2F3N4O3. The van der Waals surface area contributed by atoms with Crippen molar-refractivity contribution in [1.29, 1.82) is 0 Å².